The highest BCUT2D eigenvalue weighted by Gasteiger charge is 2.03. The number of nitrogen functional groups attached to an aromatic ring is 1. The molecular formula is C13H11Cl2N3O. The molecule has 0 unspecified atom stereocenters. The van der Waals surface area contributed by atoms with Crippen LogP contribution in [0.2, 0.25) is 10.0 Å². The van der Waals surface area contributed by atoms with Crippen molar-refractivity contribution < 1.29 is 4.74 Å². The Morgan fingerprint density at radius 3 is 2.53 bits per heavy atom. The highest BCUT2D eigenvalue weighted by Crippen LogP contribution is 2.24. The monoisotopic (exact) mass is 295 g/mol. The van der Waals surface area contributed by atoms with Gasteiger partial charge in [0, 0.05) is 16.2 Å². The van der Waals surface area contributed by atoms with Crippen molar-refractivity contribution >= 4 is 29.0 Å². The second kappa shape index (κ2) is 5.91. The number of pyridine rings is 1. The first-order chi connectivity index (χ1) is 9.04. The van der Waals surface area contributed by atoms with Crippen LogP contribution in [0.25, 0.3) is 0 Å². The molecule has 0 atom stereocenters. The van der Waals surface area contributed by atoms with Gasteiger partial charge >= 0.3 is 0 Å². The predicted octanol–water partition coefficient (Wildman–Crippen LogP) is 3.25. The van der Waals surface area contributed by atoms with E-state index < -0.39 is 0 Å². The van der Waals surface area contributed by atoms with Gasteiger partial charge in [0.1, 0.15) is 23.9 Å². The molecule has 0 bridgehead atoms. The fourth-order valence-electron chi connectivity index (χ4n) is 1.49. The number of nitrogens with zero attached hydrogens (tertiary/aromatic N) is 1. The van der Waals surface area contributed by atoms with Crippen LogP contribution < -0.4 is 10.5 Å². The highest BCUT2D eigenvalue weighted by molar-refractivity contribution is 6.34. The number of benzene rings is 1. The van der Waals surface area contributed by atoms with E-state index in [2.05, 4.69) is 4.98 Å². The largest absolute Gasteiger partial charge is 0.489 e. The van der Waals surface area contributed by atoms with Crippen LogP contribution in [0.4, 0.5) is 0 Å². The summed E-state index contributed by atoms with van der Waals surface area (Å²) < 4.78 is 5.58. The Morgan fingerprint density at radius 2 is 1.89 bits per heavy atom. The zero-order valence-electron chi connectivity index (χ0n) is 9.86. The number of ether oxygens (including phenoxy) is 1. The van der Waals surface area contributed by atoms with Crippen molar-refractivity contribution in [1.82, 2.24) is 4.98 Å². The number of hydrogen-bond donors (Lipinski definition) is 2. The molecule has 1 heterocycles. The molecule has 1 aromatic heterocycles. The standard InChI is InChI=1S/C13H11Cl2N3O/c14-9-4-10(15)6-11(5-9)19-7-8-1-2-18-12(3-8)13(16)17/h1-6H,7H2,(H3,16,17). The van der Waals surface area contributed by atoms with E-state index in [-0.39, 0.29) is 5.84 Å². The van der Waals surface area contributed by atoms with E-state index in [0.29, 0.717) is 28.1 Å². The number of halogens is 2. The zero-order valence-corrected chi connectivity index (χ0v) is 11.4. The molecule has 0 amide bonds. The minimum Gasteiger partial charge on any atom is -0.489 e. The van der Waals surface area contributed by atoms with Crippen LogP contribution in [0.3, 0.4) is 0 Å². The molecular weight excluding hydrogens is 285 g/mol. The fourth-order valence-corrected chi connectivity index (χ4v) is 2.00. The maximum Gasteiger partial charge on any atom is 0.141 e. The Bertz CT molecular complexity index is 596. The molecule has 0 aliphatic carbocycles. The van der Waals surface area contributed by atoms with Gasteiger partial charge in [-0.3, -0.25) is 10.4 Å². The van der Waals surface area contributed by atoms with Crippen LogP contribution in [0, 0.1) is 5.41 Å². The topological polar surface area (TPSA) is 72.0 Å². The minimum atomic E-state index is -0.0762. The lowest BCUT2D eigenvalue weighted by atomic mass is 10.2. The van der Waals surface area contributed by atoms with Crippen LogP contribution in [-0.4, -0.2) is 10.8 Å². The van der Waals surface area contributed by atoms with Gasteiger partial charge in [-0.1, -0.05) is 23.2 Å². The normalized spacial score (nSPS) is 10.2. The summed E-state index contributed by atoms with van der Waals surface area (Å²) in [6.07, 6.45) is 1.58. The molecule has 0 aliphatic rings. The van der Waals surface area contributed by atoms with Gasteiger partial charge in [0.25, 0.3) is 0 Å². The third kappa shape index (κ3) is 3.84. The molecule has 98 valence electrons. The molecule has 0 saturated carbocycles. The van der Waals surface area contributed by atoms with Crippen molar-refractivity contribution in [2.45, 2.75) is 6.61 Å². The first-order valence-electron chi connectivity index (χ1n) is 5.43. The van der Waals surface area contributed by atoms with E-state index in [1.54, 1.807) is 36.5 Å². The van der Waals surface area contributed by atoms with Gasteiger partial charge < -0.3 is 10.5 Å². The van der Waals surface area contributed by atoms with Crippen LogP contribution >= 0.6 is 23.2 Å². The van der Waals surface area contributed by atoms with Gasteiger partial charge in [0.05, 0.1) is 0 Å². The second-order valence-corrected chi connectivity index (χ2v) is 4.73. The SMILES string of the molecule is N=C(N)c1cc(COc2cc(Cl)cc(Cl)c2)ccn1. The summed E-state index contributed by atoms with van der Waals surface area (Å²) in [5.41, 5.74) is 6.65. The quantitative estimate of drug-likeness (QED) is 0.672. The lowest BCUT2D eigenvalue weighted by Crippen LogP contribution is -2.13. The second-order valence-electron chi connectivity index (χ2n) is 3.86. The van der Waals surface area contributed by atoms with Gasteiger partial charge in [0.15, 0.2) is 0 Å². The number of amidine groups is 1. The Hall–Kier alpha value is -1.78. The third-order valence-corrected chi connectivity index (χ3v) is 2.78. The maximum absolute atomic E-state index is 7.32. The Labute approximate surface area is 120 Å². The smallest absolute Gasteiger partial charge is 0.141 e. The molecule has 2 aromatic rings. The van der Waals surface area contributed by atoms with Crippen molar-refractivity contribution in [3.8, 4) is 5.75 Å². The van der Waals surface area contributed by atoms with Crippen LogP contribution in [0.15, 0.2) is 36.5 Å². The van der Waals surface area contributed by atoms with E-state index in [9.17, 15) is 0 Å². The summed E-state index contributed by atoms with van der Waals surface area (Å²) in [6.45, 7) is 0.319. The van der Waals surface area contributed by atoms with Crippen molar-refractivity contribution in [3.05, 3.63) is 57.8 Å². The molecule has 3 N–H and O–H groups in total. The maximum atomic E-state index is 7.32. The summed E-state index contributed by atoms with van der Waals surface area (Å²) >= 11 is 11.8. The van der Waals surface area contributed by atoms with Crippen molar-refractivity contribution in [2.75, 3.05) is 0 Å². The molecule has 0 saturated heterocycles. The minimum absolute atomic E-state index is 0.0762. The molecule has 19 heavy (non-hydrogen) atoms. The molecule has 0 aliphatic heterocycles. The van der Waals surface area contributed by atoms with Gasteiger partial charge in [-0.15, -0.1) is 0 Å². The summed E-state index contributed by atoms with van der Waals surface area (Å²) in [6, 6.07) is 8.49. The van der Waals surface area contributed by atoms with E-state index >= 15 is 0 Å². The molecule has 0 spiro atoms. The average Bonchev–Trinajstić information content (AvgIpc) is 2.35. The Morgan fingerprint density at radius 1 is 1.21 bits per heavy atom. The van der Waals surface area contributed by atoms with Gasteiger partial charge in [-0.05, 0) is 35.9 Å². The van der Waals surface area contributed by atoms with E-state index in [0.717, 1.165) is 5.56 Å². The van der Waals surface area contributed by atoms with Gasteiger partial charge in [-0.2, -0.15) is 0 Å². The lowest BCUT2D eigenvalue weighted by Gasteiger charge is -2.08. The Kier molecular flexibility index (Phi) is 4.24. The number of rotatable bonds is 4. The molecule has 4 nitrogen and oxygen atoms in total. The van der Waals surface area contributed by atoms with Crippen LogP contribution in [0.5, 0.6) is 5.75 Å². The molecule has 1 aromatic carbocycles. The first kappa shape index (κ1) is 13.6. The third-order valence-electron chi connectivity index (χ3n) is 2.34. The fraction of sp³-hybridized carbons (Fsp3) is 0.0769. The van der Waals surface area contributed by atoms with Crippen LogP contribution in [-0.2, 0) is 6.61 Å². The predicted molar refractivity (Wildman–Crippen MR) is 76.0 cm³/mol. The first-order valence-corrected chi connectivity index (χ1v) is 6.18. The van der Waals surface area contributed by atoms with Gasteiger partial charge in [0.2, 0.25) is 0 Å². The van der Waals surface area contributed by atoms with E-state index in [4.69, 9.17) is 39.1 Å². The molecule has 6 heteroatoms. The van der Waals surface area contributed by atoms with Crippen molar-refractivity contribution in [1.29, 1.82) is 5.41 Å². The number of nitrogens with one attached hydrogen (secondary N) is 1. The molecule has 2 rings (SSSR count). The number of hydrogen-bond acceptors (Lipinski definition) is 3. The Balaban J connectivity index is 2.10. The highest BCUT2D eigenvalue weighted by atomic mass is 35.5. The summed E-state index contributed by atoms with van der Waals surface area (Å²) in [4.78, 5) is 3.97. The number of nitrogens with two attached hydrogens (primary N) is 1. The zero-order chi connectivity index (χ0) is 13.8. The van der Waals surface area contributed by atoms with E-state index in [1.165, 1.54) is 0 Å². The van der Waals surface area contributed by atoms with Gasteiger partial charge in [-0.25, -0.2) is 0 Å². The summed E-state index contributed by atoms with van der Waals surface area (Å²) in [7, 11) is 0. The molecule has 0 fully saturated rings. The summed E-state index contributed by atoms with van der Waals surface area (Å²) in [5, 5.41) is 8.35. The molecule has 0 radical (unpaired) electrons. The van der Waals surface area contributed by atoms with E-state index in [1.807, 2.05) is 0 Å². The van der Waals surface area contributed by atoms with Crippen molar-refractivity contribution in [3.63, 3.8) is 0 Å². The van der Waals surface area contributed by atoms with Crippen molar-refractivity contribution in [2.24, 2.45) is 5.73 Å². The average molecular weight is 296 g/mol. The summed E-state index contributed by atoms with van der Waals surface area (Å²) in [5.74, 6) is 0.506. The number of aromatic nitrogens is 1. The lowest BCUT2D eigenvalue weighted by molar-refractivity contribution is 0.306. The van der Waals surface area contributed by atoms with Crippen LogP contribution in [0.1, 0.15) is 11.3 Å².